The van der Waals surface area contributed by atoms with Gasteiger partial charge in [-0.05, 0) is 150 Å². The Hall–Kier alpha value is -19.2. The van der Waals surface area contributed by atoms with Crippen molar-refractivity contribution in [2.45, 2.75) is 0 Å². The summed E-state index contributed by atoms with van der Waals surface area (Å²) < 4.78 is 6.57. The minimum absolute atomic E-state index is 0.574. The van der Waals surface area contributed by atoms with Crippen LogP contribution in [0.4, 0.5) is 0 Å². The molecule has 0 amide bonds. The molecular weight excluding hydrogens is 1720 g/mol. The van der Waals surface area contributed by atoms with Gasteiger partial charge in [0.05, 0.1) is 33.1 Å². The summed E-state index contributed by atoms with van der Waals surface area (Å²) in [6.45, 7) is 0. The van der Waals surface area contributed by atoms with Crippen molar-refractivity contribution in [3.63, 3.8) is 0 Å². The van der Waals surface area contributed by atoms with Gasteiger partial charge in [0.2, 0.25) is 17.8 Å². The molecule has 0 bridgehead atoms. The Morgan fingerprint density at radius 1 is 0.113 bits per heavy atom. The smallest absolute Gasteiger partial charge is 0.238 e. The standard InChI is InChI=1S/2C45H30N4.C39H26N4/c1-5-16-31(17-6-1)35-24-15-25-36(28-35)44-46-43(34-22-11-4-12-23-34)47-45(48-44)49-41-27-14-13-26-38(41)40-30-37(32-18-7-2-8-19-32)29-39(42(40)49)33-20-9-3-10-21-33;1-5-13-31(14-6-1)34-21-23-36(24-22-34)44-46-43(35-19-11-4-12-20-35)47-45(48-44)49-41-27-25-37(32-15-7-2-8-16-32)29-39(41)40-30-38(26-28-42(40)49)33-17-9-3-10-18-33;1-4-12-27(13-5-1)29-20-22-31(23-21-29)38-40-37(30-16-8-3-9-17-30)41-39(42-38)43-35-19-11-10-18-33(35)34-26-32(24-25-36(34)43)28-14-6-2-7-15-28/h2*1-30H;1-26H. The van der Waals surface area contributed by atoms with E-state index in [0.717, 1.165) is 149 Å². The zero-order valence-electron chi connectivity index (χ0n) is 76.5. The van der Waals surface area contributed by atoms with Gasteiger partial charge >= 0.3 is 0 Å². The van der Waals surface area contributed by atoms with Gasteiger partial charge in [0.1, 0.15) is 0 Å². The van der Waals surface area contributed by atoms with E-state index in [0.29, 0.717) is 52.8 Å². The second-order valence-corrected chi connectivity index (χ2v) is 34.8. The lowest BCUT2D eigenvalue weighted by atomic mass is 9.95. The predicted octanol–water partition coefficient (Wildman–Crippen LogP) is 32.2. The quantitative estimate of drug-likeness (QED) is 0.0874. The molecule has 6 aromatic heterocycles. The number of para-hydroxylation sites is 2. The lowest BCUT2D eigenvalue weighted by Crippen LogP contribution is -2.07. The van der Waals surface area contributed by atoms with Crippen molar-refractivity contribution in [1.82, 2.24) is 58.6 Å². The van der Waals surface area contributed by atoms with Crippen LogP contribution in [0.25, 0.3) is 241 Å². The van der Waals surface area contributed by atoms with Gasteiger partial charge in [-0.3, -0.25) is 13.7 Å². The number of hydrogen-bond donors (Lipinski definition) is 0. The number of aromatic nitrogens is 12. The van der Waals surface area contributed by atoms with E-state index < -0.39 is 0 Å². The van der Waals surface area contributed by atoms with Crippen LogP contribution in [0, 0.1) is 0 Å². The van der Waals surface area contributed by atoms with E-state index in [1.54, 1.807) is 0 Å². The third-order valence-electron chi connectivity index (χ3n) is 26.0. The van der Waals surface area contributed by atoms with E-state index in [9.17, 15) is 0 Å². The van der Waals surface area contributed by atoms with Gasteiger partial charge < -0.3 is 0 Å². The summed E-state index contributed by atoms with van der Waals surface area (Å²) in [7, 11) is 0. The SMILES string of the molecule is c1ccc(-c2ccc(-c3nc(-c4ccccc4)nc(-n4c5ccc(-c6ccccc6)cc5c5cc(-c6ccccc6)ccc54)n3)cc2)cc1.c1ccc(-c2ccc(-c3nc(-c4ccccc4)nc(-n4c5ccccc5c5cc(-c6ccccc6)ccc54)n3)cc2)cc1.c1ccc(-c2cccc(-c3nc(-c4ccccc4)nc(-n4c5ccccc5c5cc(-c6ccccc6)cc(-c6ccccc6)c54)n3)c2)cc1. The Balaban J connectivity index is 0.000000115. The Kier molecular flexibility index (Phi) is 22.8. The summed E-state index contributed by atoms with van der Waals surface area (Å²) in [5, 5.41) is 6.89. The van der Waals surface area contributed by atoms with Crippen LogP contribution in [0.5, 0.6) is 0 Å². The summed E-state index contributed by atoms with van der Waals surface area (Å²) in [5.41, 5.74) is 30.4. The van der Waals surface area contributed by atoms with Crippen molar-refractivity contribution < 1.29 is 0 Å². The molecule has 0 aliphatic carbocycles. The van der Waals surface area contributed by atoms with E-state index in [2.05, 4.69) is 432 Å². The molecule has 12 heteroatoms. The molecule has 0 fully saturated rings. The average molecular weight is 1800 g/mol. The summed E-state index contributed by atoms with van der Waals surface area (Å²) >= 11 is 0. The highest BCUT2D eigenvalue weighted by Crippen LogP contribution is 2.45. The minimum Gasteiger partial charge on any atom is -0.278 e. The largest absolute Gasteiger partial charge is 0.278 e. The molecule has 0 spiro atoms. The third-order valence-corrected chi connectivity index (χ3v) is 26.0. The van der Waals surface area contributed by atoms with Gasteiger partial charge in [0.25, 0.3) is 0 Å². The molecule has 0 atom stereocenters. The normalized spacial score (nSPS) is 11.3. The maximum absolute atomic E-state index is 5.26. The second kappa shape index (κ2) is 37.9. The molecule has 0 aliphatic heterocycles. The monoisotopic (exact) mass is 1800 g/mol. The molecule has 0 saturated heterocycles. The van der Waals surface area contributed by atoms with E-state index in [1.807, 2.05) is 103 Å². The highest BCUT2D eigenvalue weighted by molar-refractivity contribution is 6.16. The van der Waals surface area contributed by atoms with Crippen LogP contribution in [0.1, 0.15) is 0 Å². The topological polar surface area (TPSA) is 131 Å². The van der Waals surface area contributed by atoms with E-state index >= 15 is 0 Å². The van der Waals surface area contributed by atoms with E-state index in [1.165, 1.54) is 38.9 Å². The second-order valence-electron chi connectivity index (χ2n) is 34.8. The maximum atomic E-state index is 5.26. The van der Waals surface area contributed by atoms with Crippen LogP contribution >= 0.6 is 0 Å². The highest BCUT2D eigenvalue weighted by atomic mass is 15.2. The van der Waals surface area contributed by atoms with Crippen LogP contribution in [-0.4, -0.2) is 58.6 Å². The Bertz CT molecular complexity index is 8910. The van der Waals surface area contributed by atoms with Gasteiger partial charge in [-0.15, -0.1) is 0 Å². The van der Waals surface area contributed by atoms with Crippen LogP contribution in [0.2, 0.25) is 0 Å². The summed E-state index contributed by atoms with van der Waals surface area (Å²) in [5.74, 6) is 5.52. The van der Waals surface area contributed by atoms with Gasteiger partial charge in [-0.1, -0.05) is 455 Å². The molecule has 0 saturated carbocycles. The third kappa shape index (κ3) is 17.1. The summed E-state index contributed by atoms with van der Waals surface area (Å²) in [6.07, 6.45) is 0. The van der Waals surface area contributed by atoms with Crippen LogP contribution in [-0.2, 0) is 0 Å². The Labute approximate surface area is 815 Å². The molecule has 12 nitrogen and oxygen atoms in total. The first-order valence-corrected chi connectivity index (χ1v) is 47.3. The summed E-state index contributed by atoms with van der Waals surface area (Å²) in [6, 6.07) is 181. The minimum atomic E-state index is 0.574. The first-order chi connectivity index (χ1) is 69.9. The summed E-state index contributed by atoms with van der Waals surface area (Å²) in [4.78, 5) is 46.0. The van der Waals surface area contributed by atoms with Crippen LogP contribution in [0.3, 0.4) is 0 Å². The van der Waals surface area contributed by atoms with Crippen molar-refractivity contribution in [1.29, 1.82) is 0 Å². The molecule has 141 heavy (non-hydrogen) atoms. The van der Waals surface area contributed by atoms with E-state index in [4.69, 9.17) is 44.9 Å². The fourth-order valence-electron chi connectivity index (χ4n) is 19.1. The molecule has 6 heterocycles. The van der Waals surface area contributed by atoms with Crippen molar-refractivity contribution in [2.75, 3.05) is 0 Å². The number of rotatable bonds is 17. The molecule has 0 aliphatic rings. The molecular formula is C129H86N12. The van der Waals surface area contributed by atoms with Crippen LogP contribution in [0.15, 0.2) is 522 Å². The van der Waals surface area contributed by atoms with Crippen LogP contribution < -0.4 is 0 Å². The van der Waals surface area contributed by atoms with Gasteiger partial charge in [-0.25, -0.2) is 15.0 Å². The first-order valence-electron chi connectivity index (χ1n) is 47.3. The van der Waals surface area contributed by atoms with Gasteiger partial charge in [-0.2, -0.15) is 29.9 Å². The van der Waals surface area contributed by atoms with Crippen molar-refractivity contribution >= 4 is 65.4 Å². The first kappa shape index (κ1) is 84.8. The average Bonchev–Trinajstić information content (AvgIpc) is 1.58. The predicted molar refractivity (Wildman–Crippen MR) is 579 cm³/mol. The molecule has 0 unspecified atom stereocenters. The Morgan fingerprint density at radius 3 is 0.667 bits per heavy atom. The fraction of sp³-hybridized carbons (Fsp3) is 0. The Morgan fingerprint density at radius 2 is 0.319 bits per heavy atom. The highest BCUT2D eigenvalue weighted by Gasteiger charge is 2.26. The van der Waals surface area contributed by atoms with Crippen molar-refractivity contribution in [3.05, 3.63) is 522 Å². The van der Waals surface area contributed by atoms with Gasteiger partial charge in [0, 0.05) is 71.3 Å². The number of nitrogens with zero attached hydrogens (tertiary/aromatic N) is 12. The van der Waals surface area contributed by atoms with Gasteiger partial charge in [0.15, 0.2) is 34.9 Å². The van der Waals surface area contributed by atoms with Crippen molar-refractivity contribution in [2.24, 2.45) is 0 Å². The number of hydrogen-bond acceptors (Lipinski definition) is 9. The number of benzene rings is 20. The number of fused-ring (bicyclic) bond motifs is 9. The molecule has 662 valence electrons. The fourth-order valence-corrected chi connectivity index (χ4v) is 19.1. The molecule has 0 radical (unpaired) electrons. The molecule has 0 N–H and O–H groups in total. The van der Waals surface area contributed by atoms with E-state index in [-0.39, 0.29) is 0 Å². The molecule has 20 aromatic carbocycles. The zero-order valence-corrected chi connectivity index (χ0v) is 76.5. The zero-order chi connectivity index (χ0) is 93.7. The lowest BCUT2D eigenvalue weighted by molar-refractivity contribution is 0.953. The van der Waals surface area contributed by atoms with Crippen molar-refractivity contribution in [3.8, 4) is 175 Å². The molecule has 26 rings (SSSR count). The molecule has 26 aromatic rings. The maximum Gasteiger partial charge on any atom is 0.238 e. The lowest BCUT2D eigenvalue weighted by Gasteiger charge is -2.14.